The van der Waals surface area contributed by atoms with E-state index in [-0.39, 0.29) is 17.8 Å². The van der Waals surface area contributed by atoms with Crippen molar-refractivity contribution in [3.63, 3.8) is 0 Å². The maximum absolute atomic E-state index is 14.2. The zero-order valence-corrected chi connectivity index (χ0v) is 13.9. The first-order chi connectivity index (χ1) is 12.6. The standard InChI is InChI=1S/C19H18FN5O/c20-15-7-2-1-4-11(15)14-8-22-9-16(14)25-19-13-6-3-5-12(18(21)26)17(13)23-10-24-19/h1-7,10,14,16,22H,8-9H2,(H2,21,26)(H,23,24,25). The molecule has 26 heavy (non-hydrogen) atoms. The highest BCUT2D eigenvalue weighted by Crippen LogP contribution is 2.29. The molecule has 4 rings (SSSR count). The molecule has 1 amide bonds. The second-order valence-corrected chi connectivity index (χ2v) is 6.33. The second kappa shape index (κ2) is 6.68. The van der Waals surface area contributed by atoms with Gasteiger partial charge in [0.25, 0.3) is 5.91 Å². The summed E-state index contributed by atoms with van der Waals surface area (Å²) in [4.78, 5) is 20.2. The number of hydrogen-bond acceptors (Lipinski definition) is 5. The number of benzene rings is 2. The summed E-state index contributed by atoms with van der Waals surface area (Å²) in [6.45, 7) is 1.36. The molecule has 132 valence electrons. The van der Waals surface area contributed by atoms with Crippen molar-refractivity contribution in [2.45, 2.75) is 12.0 Å². The quantitative estimate of drug-likeness (QED) is 0.669. The summed E-state index contributed by atoms with van der Waals surface area (Å²) in [6.07, 6.45) is 1.40. The lowest BCUT2D eigenvalue weighted by atomic mass is 9.93. The van der Waals surface area contributed by atoms with Gasteiger partial charge >= 0.3 is 0 Å². The number of rotatable bonds is 4. The normalized spacial score (nSPS) is 19.6. The second-order valence-electron chi connectivity index (χ2n) is 6.33. The number of nitrogens with zero attached hydrogens (tertiary/aromatic N) is 2. The largest absolute Gasteiger partial charge is 0.366 e. The van der Waals surface area contributed by atoms with E-state index in [0.29, 0.717) is 40.9 Å². The Labute approximate surface area is 149 Å². The van der Waals surface area contributed by atoms with E-state index in [9.17, 15) is 9.18 Å². The van der Waals surface area contributed by atoms with Crippen LogP contribution >= 0.6 is 0 Å². The summed E-state index contributed by atoms with van der Waals surface area (Å²) in [7, 11) is 0. The third kappa shape index (κ3) is 2.86. The van der Waals surface area contributed by atoms with Gasteiger partial charge in [-0.3, -0.25) is 4.79 Å². The summed E-state index contributed by atoms with van der Waals surface area (Å²) in [5.74, 6) is -0.169. The number of carbonyl (C=O) groups excluding carboxylic acids is 1. The van der Waals surface area contributed by atoms with Crippen LogP contribution in [-0.2, 0) is 0 Å². The van der Waals surface area contributed by atoms with Crippen molar-refractivity contribution in [3.05, 3.63) is 65.7 Å². The monoisotopic (exact) mass is 351 g/mol. The van der Waals surface area contributed by atoms with E-state index >= 15 is 0 Å². The molecule has 2 atom stereocenters. The molecule has 2 unspecified atom stereocenters. The molecule has 0 aliphatic carbocycles. The van der Waals surface area contributed by atoms with E-state index < -0.39 is 5.91 Å². The van der Waals surface area contributed by atoms with Crippen molar-refractivity contribution >= 4 is 22.6 Å². The van der Waals surface area contributed by atoms with Gasteiger partial charge in [-0.2, -0.15) is 0 Å². The van der Waals surface area contributed by atoms with E-state index in [4.69, 9.17) is 5.73 Å². The number of carbonyl (C=O) groups is 1. The minimum Gasteiger partial charge on any atom is -0.366 e. The molecule has 7 heteroatoms. The number of halogens is 1. The van der Waals surface area contributed by atoms with Gasteiger partial charge in [-0.15, -0.1) is 0 Å². The predicted octanol–water partition coefficient (Wildman–Crippen LogP) is 2.04. The van der Waals surface area contributed by atoms with Crippen molar-refractivity contribution in [3.8, 4) is 0 Å². The molecule has 1 aliphatic rings. The highest BCUT2D eigenvalue weighted by atomic mass is 19.1. The zero-order chi connectivity index (χ0) is 18.1. The first-order valence-corrected chi connectivity index (χ1v) is 8.40. The van der Waals surface area contributed by atoms with Crippen LogP contribution in [0.5, 0.6) is 0 Å². The highest BCUT2D eigenvalue weighted by molar-refractivity contribution is 6.06. The van der Waals surface area contributed by atoms with E-state index in [1.165, 1.54) is 12.4 Å². The van der Waals surface area contributed by atoms with Gasteiger partial charge in [0, 0.05) is 30.4 Å². The van der Waals surface area contributed by atoms with Crippen LogP contribution in [0.1, 0.15) is 21.8 Å². The number of para-hydroxylation sites is 1. The Balaban J connectivity index is 1.70. The summed E-state index contributed by atoms with van der Waals surface area (Å²) in [5, 5.41) is 7.40. The van der Waals surface area contributed by atoms with E-state index in [0.717, 1.165) is 0 Å². The Morgan fingerprint density at radius 1 is 1.15 bits per heavy atom. The Bertz CT molecular complexity index is 977. The maximum atomic E-state index is 14.2. The van der Waals surface area contributed by atoms with Crippen LogP contribution in [0.2, 0.25) is 0 Å². The van der Waals surface area contributed by atoms with Crippen LogP contribution in [0.15, 0.2) is 48.8 Å². The van der Waals surface area contributed by atoms with Crippen LogP contribution in [0, 0.1) is 5.82 Å². The summed E-state index contributed by atoms with van der Waals surface area (Å²) >= 11 is 0. The molecule has 0 saturated carbocycles. The number of amides is 1. The summed E-state index contributed by atoms with van der Waals surface area (Å²) in [6, 6.07) is 12.0. The molecule has 0 radical (unpaired) electrons. The number of nitrogens with one attached hydrogen (secondary N) is 2. The van der Waals surface area contributed by atoms with Crippen LogP contribution in [0.3, 0.4) is 0 Å². The van der Waals surface area contributed by atoms with Crippen LogP contribution < -0.4 is 16.4 Å². The number of hydrogen-bond donors (Lipinski definition) is 3. The lowest BCUT2D eigenvalue weighted by Crippen LogP contribution is -2.28. The highest BCUT2D eigenvalue weighted by Gasteiger charge is 2.30. The van der Waals surface area contributed by atoms with Crippen molar-refractivity contribution < 1.29 is 9.18 Å². The van der Waals surface area contributed by atoms with Crippen molar-refractivity contribution in [2.24, 2.45) is 5.73 Å². The van der Waals surface area contributed by atoms with Gasteiger partial charge in [-0.05, 0) is 23.8 Å². The molecule has 2 aromatic carbocycles. The molecule has 1 fully saturated rings. The molecule has 1 aliphatic heterocycles. The van der Waals surface area contributed by atoms with Gasteiger partial charge in [0.1, 0.15) is 18.0 Å². The van der Waals surface area contributed by atoms with E-state index in [1.807, 2.05) is 18.2 Å². The topological polar surface area (TPSA) is 92.9 Å². The number of aromatic nitrogens is 2. The van der Waals surface area contributed by atoms with Crippen molar-refractivity contribution in [1.29, 1.82) is 0 Å². The van der Waals surface area contributed by atoms with Crippen LogP contribution in [0.4, 0.5) is 10.2 Å². The SMILES string of the molecule is NC(=O)c1cccc2c(NC3CNCC3c3ccccc3F)ncnc12. The third-order valence-electron chi connectivity index (χ3n) is 4.77. The van der Waals surface area contributed by atoms with Crippen LogP contribution in [-0.4, -0.2) is 35.0 Å². The third-order valence-corrected chi connectivity index (χ3v) is 4.77. The molecular weight excluding hydrogens is 333 g/mol. The molecule has 6 nitrogen and oxygen atoms in total. The fourth-order valence-corrected chi connectivity index (χ4v) is 3.51. The Kier molecular flexibility index (Phi) is 4.22. The average Bonchev–Trinajstić information content (AvgIpc) is 3.10. The van der Waals surface area contributed by atoms with Gasteiger partial charge in [0.2, 0.25) is 0 Å². The Hall–Kier alpha value is -3.06. The van der Waals surface area contributed by atoms with Gasteiger partial charge < -0.3 is 16.4 Å². The molecule has 0 bridgehead atoms. The summed E-state index contributed by atoms with van der Waals surface area (Å²) in [5.41, 5.74) is 6.96. The van der Waals surface area contributed by atoms with Crippen LogP contribution in [0.25, 0.3) is 10.9 Å². The van der Waals surface area contributed by atoms with Gasteiger partial charge in [0.05, 0.1) is 11.1 Å². The molecule has 1 saturated heterocycles. The molecular formula is C19H18FN5O. The molecule has 3 aromatic rings. The summed E-state index contributed by atoms with van der Waals surface area (Å²) < 4.78 is 14.2. The molecule has 2 heterocycles. The number of anilines is 1. The number of nitrogens with two attached hydrogens (primary N) is 1. The smallest absolute Gasteiger partial charge is 0.250 e. The number of primary amides is 1. The predicted molar refractivity (Wildman–Crippen MR) is 97.5 cm³/mol. The maximum Gasteiger partial charge on any atom is 0.250 e. The fraction of sp³-hybridized carbons (Fsp3) is 0.211. The fourth-order valence-electron chi connectivity index (χ4n) is 3.51. The van der Waals surface area contributed by atoms with E-state index in [1.54, 1.807) is 18.2 Å². The lowest BCUT2D eigenvalue weighted by Gasteiger charge is -2.22. The van der Waals surface area contributed by atoms with Crippen molar-refractivity contribution in [2.75, 3.05) is 18.4 Å². The first-order valence-electron chi connectivity index (χ1n) is 8.40. The minimum atomic E-state index is -0.535. The van der Waals surface area contributed by atoms with Gasteiger partial charge in [-0.1, -0.05) is 24.3 Å². The molecule has 0 spiro atoms. The Morgan fingerprint density at radius 2 is 2.00 bits per heavy atom. The average molecular weight is 351 g/mol. The van der Waals surface area contributed by atoms with Gasteiger partial charge in [-0.25, -0.2) is 14.4 Å². The van der Waals surface area contributed by atoms with Crippen molar-refractivity contribution in [1.82, 2.24) is 15.3 Å². The molecule has 4 N–H and O–H groups in total. The minimum absolute atomic E-state index is 0.0273. The first kappa shape index (κ1) is 16.4. The number of fused-ring (bicyclic) bond motifs is 1. The zero-order valence-electron chi connectivity index (χ0n) is 13.9. The molecule has 1 aromatic heterocycles. The van der Waals surface area contributed by atoms with Gasteiger partial charge in [0.15, 0.2) is 0 Å². The lowest BCUT2D eigenvalue weighted by molar-refractivity contribution is 0.100. The van der Waals surface area contributed by atoms with E-state index in [2.05, 4.69) is 20.6 Å². The Morgan fingerprint density at radius 3 is 2.81 bits per heavy atom.